The standard InChI is InChI=1S/C21H17FN4O5S/c1-21(13-2-6-16(7-3-13)26(29)30)19(27)25(20(28)24-21)10-15-12-32-18(23-15)11-31-17-8-4-14(22)5-9-17/h2-9,12H,10-11H2,1H3,(H,24,28). The lowest BCUT2D eigenvalue weighted by Crippen LogP contribution is -2.40. The number of ether oxygens (including phenoxy) is 1. The molecule has 0 aliphatic carbocycles. The summed E-state index contributed by atoms with van der Waals surface area (Å²) in [6.45, 7) is 1.69. The molecule has 4 rings (SSSR count). The Morgan fingerprint density at radius 3 is 2.53 bits per heavy atom. The molecule has 164 valence electrons. The first-order valence-electron chi connectivity index (χ1n) is 9.47. The van der Waals surface area contributed by atoms with Gasteiger partial charge in [0, 0.05) is 17.5 Å². The average molecular weight is 456 g/mol. The molecule has 3 aromatic rings. The second-order valence-electron chi connectivity index (χ2n) is 7.23. The van der Waals surface area contributed by atoms with Crippen molar-refractivity contribution in [3.05, 3.63) is 86.1 Å². The molecule has 0 saturated carbocycles. The van der Waals surface area contributed by atoms with Crippen molar-refractivity contribution >= 4 is 29.0 Å². The van der Waals surface area contributed by atoms with E-state index < -0.39 is 22.4 Å². The lowest BCUT2D eigenvalue weighted by molar-refractivity contribution is -0.384. The van der Waals surface area contributed by atoms with Crippen LogP contribution in [0.15, 0.2) is 53.9 Å². The molecule has 1 aromatic heterocycles. The number of amides is 3. The molecule has 9 nitrogen and oxygen atoms in total. The number of carbonyl (C=O) groups excluding carboxylic acids is 2. The molecule has 1 aliphatic heterocycles. The summed E-state index contributed by atoms with van der Waals surface area (Å²) in [6, 6.07) is 10.5. The van der Waals surface area contributed by atoms with E-state index >= 15 is 0 Å². The predicted octanol–water partition coefficient (Wildman–Crippen LogP) is 3.74. The predicted molar refractivity (Wildman–Crippen MR) is 112 cm³/mol. The molecule has 1 N–H and O–H groups in total. The number of hydrogen-bond acceptors (Lipinski definition) is 7. The van der Waals surface area contributed by atoms with Crippen LogP contribution in [0.25, 0.3) is 0 Å². The largest absolute Gasteiger partial charge is 0.486 e. The Bertz CT molecular complexity index is 1180. The summed E-state index contributed by atoms with van der Waals surface area (Å²) < 4.78 is 18.5. The van der Waals surface area contributed by atoms with Crippen molar-refractivity contribution < 1.29 is 23.6 Å². The van der Waals surface area contributed by atoms with Crippen LogP contribution in [0.4, 0.5) is 14.9 Å². The van der Waals surface area contributed by atoms with Gasteiger partial charge in [0.2, 0.25) is 0 Å². The van der Waals surface area contributed by atoms with E-state index in [1.54, 1.807) is 12.3 Å². The molecule has 1 aliphatic rings. The lowest BCUT2D eigenvalue weighted by Gasteiger charge is -2.21. The van der Waals surface area contributed by atoms with Crippen LogP contribution in [-0.2, 0) is 23.5 Å². The van der Waals surface area contributed by atoms with E-state index in [2.05, 4.69) is 10.3 Å². The minimum Gasteiger partial charge on any atom is -0.486 e. The highest BCUT2D eigenvalue weighted by molar-refractivity contribution is 7.09. The van der Waals surface area contributed by atoms with E-state index in [4.69, 9.17) is 4.74 Å². The van der Waals surface area contributed by atoms with Crippen LogP contribution in [0.5, 0.6) is 5.75 Å². The molecule has 32 heavy (non-hydrogen) atoms. The first-order chi connectivity index (χ1) is 15.3. The first kappa shape index (κ1) is 21.4. The summed E-state index contributed by atoms with van der Waals surface area (Å²) in [7, 11) is 0. The van der Waals surface area contributed by atoms with Gasteiger partial charge < -0.3 is 10.1 Å². The average Bonchev–Trinajstić information content (AvgIpc) is 3.32. The van der Waals surface area contributed by atoms with Crippen molar-refractivity contribution in [3.8, 4) is 5.75 Å². The molecule has 0 bridgehead atoms. The smallest absolute Gasteiger partial charge is 0.325 e. The minimum atomic E-state index is -1.34. The van der Waals surface area contributed by atoms with Crippen LogP contribution in [-0.4, -0.2) is 26.7 Å². The number of aromatic nitrogens is 1. The van der Waals surface area contributed by atoms with Gasteiger partial charge in [-0.25, -0.2) is 14.2 Å². The van der Waals surface area contributed by atoms with Crippen LogP contribution < -0.4 is 10.1 Å². The van der Waals surface area contributed by atoms with E-state index in [0.717, 1.165) is 4.90 Å². The Balaban J connectivity index is 1.43. The summed E-state index contributed by atoms with van der Waals surface area (Å²) in [6.07, 6.45) is 0. The second-order valence-corrected chi connectivity index (χ2v) is 8.17. The molecule has 3 amide bonds. The molecule has 11 heteroatoms. The maximum atomic E-state index is 13.0. The van der Waals surface area contributed by atoms with Crippen molar-refractivity contribution in [1.29, 1.82) is 0 Å². The number of rotatable bonds is 7. The van der Waals surface area contributed by atoms with Crippen molar-refractivity contribution in [2.24, 2.45) is 0 Å². The van der Waals surface area contributed by atoms with Gasteiger partial charge in [0.25, 0.3) is 11.6 Å². The third-order valence-electron chi connectivity index (χ3n) is 5.03. The van der Waals surface area contributed by atoms with Gasteiger partial charge in [0.05, 0.1) is 17.2 Å². The van der Waals surface area contributed by atoms with Crippen molar-refractivity contribution in [2.45, 2.75) is 25.6 Å². The van der Waals surface area contributed by atoms with E-state index in [9.17, 15) is 24.1 Å². The number of nitrogens with zero attached hydrogens (tertiary/aromatic N) is 3. The molecule has 1 atom stereocenters. The maximum absolute atomic E-state index is 13.0. The zero-order valence-corrected chi connectivity index (χ0v) is 17.6. The number of halogens is 1. The Kier molecular flexibility index (Phi) is 5.57. The third kappa shape index (κ3) is 4.14. The van der Waals surface area contributed by atoms with Crippen molar-refractivity contribution in [1.82, 2.24) is 15.2 Å². The summed E-state index contributed by atoms with van der Waals surface area (Å²) in [5.41, 5.74) is -0.486. The quantitative estimate of drug-likeness (QED) is 0.329. The van der Waals surface area contributed by atoms with Gasteiger partial charge in [-0.1, -0.05) is 0 Å². The number of thiazole rings is 1. The van der Waals surface area contributed by atoms with Crippen molar-refractivity contribution in [3.63, 3.8) is 0 Å². The van der Waals surface area contributed by atoms with E-state index in [0.29, 0.717) is 22.0 Å². The molecule has 0 radical (unpaired) electrons. The second kappa shape index (κ2) is 8.35. The molecule has 1 saturated heterocycles. The Hall–Kier alpha value is -3.86. The first-order valence-corrected chi connectivity index (χ1v) is 10.3. The fraction of sp³-hybridized carbons (Fsp3) is 0.190. The number of nitro groups is 1. The van der Waals surface area contributed by atoms with Crippen LogP contribution in [0, 0.1) is 15.9 Å². The van der Waals surface area contributed by atoms with Gasteiger partial charge >= 0.3 is 6.03 Å². The van der Waals surface area contributed by atoms with Gasteiger partial charge in [-0.05, 0) is 48.9 Å². The van der Waals surface area contributed by atoms with Gasteiger partial charge in [-0.3, -0.25) is 19.8 Å². The zero-order valence-electron chi connectivity index (χ0n) is 16.8. The molecule has 1 unspecified atom stereocenters. The zero-order chi connectivity index (χ0) is 22.9. The third-order valence-corrected chi connectivity index (χ3v) is 5.90. The molecule has 2 heterocycles. The van der Waals surface area contributed by atoms with Gasteiger partial charge in [0.15, 0.2) is 0 Å². The highest BCUT2D eigenvalue weighted by Crippen LogP contribution is 2.31. The number of imide groups is 1. The SMILES string of the molecule is CC1(c2ccc([N+](=O)[O-])cc2)NC(=O)N(Cc2csc(COc3ccc(F)cc3)n2)C1=O. The lowest BCUT2D eigenvalue weighted by atomic mass is 9.92. The number of non-ortho nitro benzene ring substituents is 1. The Morgan fingerprint density at radius 2 is 1.88 bits per heavy atom. The molecule has 1 fully saturated rings. The van der Waals surface area contributed by atoms with Crippen LogP contribution in [0.3, 0.4) is 0 Å². The van der Waals surface area contributed by atoms with Gasteiger partial charge in [0.1, 0.15) is 28.7 Å². The Labute approximate surface area is 185 Å². The molecule has 2 aromatic carbocycles. The van der Waals surface area contributed by atoms with E-state index in [-0.39, 0.29) is 24.7 Å². The number of carbonyl (C=O) groups is 2. The van der Waals surface area contributed by atoms with E-state index in [1.807, 2.05) is 0 Å². The van der Waals surface area contributed by atoms with Gasteiger partial charge in [-0.2, -0.15) is 0 Å². The van der Waals surface area contributed by atoms with Crippen LogP contribution in [0.2, 0.25) is 0 Å². The number of urea groups is 1. The van der Waals surface area contributed by atoms with Crippen LogP contribution >= 0.6 is 11.3 Å². The molecular weight excluding hydrogens is 439 g/mol. The van der Waals surface area contributed by atoms with E-state index in [1.165, 1.54) is 59.9 Å². The van der Waals surface area contributed by atoms with Gasteiger partial charge in [-0.15, -0.1) is 11.3 Å². The number of nitro benzene ring substituents is 1. The number of benzene rings is 2. The van der Waals surface area contributed by atoms with Crippen LogP contribution in [0.1, 0.15) is 23.2 Å². The van der Waals surface area contributed by atoms with Crippen molar-refractivity contribution in [2.75, 3.05) is 0 Å². The number of nitrogens with one attached hydrogen (secondary N) is 1. The highest BCUT2D eigenvalue weighted by atomic mass is 32.1. The fourth-order valence-electron chi connectivity index (χ4n) is 3.28. The normalized spacial score (nSPS) is 18.0. The topological polar surface area (TPSA) is 115 Å². The fourth-order valence-corrected chi connectivity index (χ4v) is 3.97. The summed E-state index contributed by atoms with van der Waals surface area (Å²) >= 11 is 1.31. The molecule has 0 spiro atoms. The maximum Gasteiger partial charge on any atom is 0.325 e. The molecular formula is C21H17FN4O5S. The summed E-state index contributed by atoms with van der Waals surface area (Å²) in [4.78, 5) is 41.3. The highest BCUT2D eigenvalue weighted by Gasteiger charge is 2.49. The Morgan fingerprint density at radius 1 is 1.19 bits per heavy atom. The summed E-state index contributed by atoms with van der Waals surface area (Å²) in [5, 5.41) is 15.9. The monoisotopic (exact) mass is 456 g/mol. The minimum absolute atomic E-state index is 0.0275. The number of hydrogen-bond donors (Lipinski definition) is 1. The summed E-state index contributed by atoms with van der Waals surface area (Å²) in [5.74, 6) is -0.340.